The van der Waals surface area contributed by atoms with Crippen molar-refractivity contribution in [3.63, 3.8) is 0 Å². The molecule has 0 radical (unpaired) electrons. The molecule has 156 valence electrons. The zero-order valence-electron chi connectivity index (χ0n) is 17.7. The van der Waals surface area contributed by atoms with Gasteiger partial charge in [0.2, 0.25) is 5.91 Å². The van der Waals surface area contributed by atoms with E-state index in [9.17, 15) is 9.59 Å². The van der Waals surface area contributed by atoms with Crippen molar-refractivity contribution in [2.75, 3.05) is 26.2 Å². The van der Waals surface area contributed by atoms with Crippen molar-refractivity contribution in [3.05, 3.63) is 23.5 Å². The molecule has 0 saturated carbocycles. The fourth-order valence-electron chi connectivity index (χ4n) is 4.53. The van der Waals surface area contributed by atoms with E-state index in [2.05, 4.69) is 23.9 Å². The van der Waals surface area contributed by atoms with Crippen LogP contribution >= 0.6 is 0 Å². The van der Waals surface area contributed by atoms with Crippen LogP contribution in [0.4, 0.5) is 0 Å². The molecular weight excluding hydrogens is 366 g/mol. The second-order valence-electron chi connectivity index (χ2n) is 8.67. The molecule has 2 aromatic heterocycles. The summed E-state index contributed by atoms with van der Waals surface area (Å²) < 4.78 is 1.88. The third-order valence-electron chi connectivity index (χ3n) is 6.28. The van der Waals surface area contributed by atoms with E-state index in [1.807, 2.05) is 27.5 Å². The summed E-state index contributed by atoms with van der Waals surface area (Å²) in [6.45, 7) is 9.07. The summed E-state index contributed by atoms with van der Waals surface area (Å²) in [5.74, 6) is 0.360. The monoisotopic (exact) mass is 397 g/mol. The van der Waals surface area contributed by atoms with E-state index < -0.39 is 0 Å². The molecule has 0 aromatic carbocycles. The Morgan fingerprint density at radius 1 is 1.03 bits per heavy atom. The van der Waals surface area contributed by atoms with Crippen molar-refractivity contribution in [3.8, 4) is 0 Å². The molecule has 2 fully saturated rings. The van der Waals surface area contributed by atoms with Crippen LogP contribution < -0.4 is 0 Å². The Bertz CT molecular complexity index is 905. The van der Waals surface area contributed by atoms with Crippen molar-refractivity contribution in [2.45, 2.75) is 58.9 Å². The van der Waals surface area contributed by atoms with Gasteiger partial charge in [0.25, 0.3) is 5.91 Å². The summed E-state index contributed by atoms with van der Waals surface area (Å²) in [5.41, 5.74) is 2.19. The van der Waals surface area contributed by atoms with E-state index in [-0.39, 0.29) is 23.8 Å². The van der Waals surface area contributed by atoms with Crippen LogP contribution in [0.1, 0.15) is 68.0 Å². The maximum atomic E-state index is 13.1. The van der Waals surface area contributed by atoms with Crippen LogP contribution in [0.15, 0.2) is 12.3 Å². The molecule has 29 heavy (non-hydrogen) atoms. The van der Waals surface area contributed by atoms with Crippen LogP contribution in [-0.4, -0.2) is 62.6 Å². The normalized spacial score (nSPS) is 18.6. The first-order chi connectivity index (χ1) is 14.0. The van der Waals surface area contributed by atoms with Gasteiger partial charge in [-0.15, -0.1) is 0 Å². The van der Waals surface area contributed by atoms with Gasteiger partial charge in [-0.3, -0.25) is 9.59 Å². The number of rotatable bonds is 3. The van der Waals surface area contributed by atoms with Gasteiger partial charge < -0.3 is 9.80 Å². The third kappa shape index (κ3) is 3.87. The molecule has 2 aliphatic heterocycles. The highest BCUT2D eigenvalue weighted by molar-refractivity contribution is 5.98. The van der Waals surface area contributed by atoms with Crippen LogP contribution in [0, 0.1) is 12.8 Å². The number of aromatic nitrogens is 3. The Morgan fingerprint density at radius 2 is 1.72 bits per heavy atom. The fraction of sp³-hybridized carbons (Fsp3) is 0.636. The highest BCUT2D eigenvalue weighted by Gasteiger charge is 2.31. The summed E-state index contributed by atoms with van der Waals surface area (Å²) in [4.78, 5) is 34.5. The number of carbonyl (C=O) groups is 2. The molecule has 0 bridgehead atoms. The number of carbonyl (C=O) groups excluding carboxylic acids is 2. The molecule has 2 saturated heterocycles. The number of pyridine rings is 1. The van der Waals surface area contributed by atoms with E-state index in [0.29, 0.717) is 18.7 Å². The molecule has 2 aliphatic rings. The molecular formula is C22H31N5O2. The van der Waals surface area contributed by atoms with Crippen molar-refractivity contribution in [1.29, 1.82) is 0 Å². The first kappa shape index (κ1) is 19.9. The molecule has 0 unspecified atom stereocenters. The summed E-state index contributed by atoms with van der Waals surface area (Å²) in [6.07, 6.45) is 6.74. The molecule has 4 heterocycles. The number of aryl methyl sites for hydroxylation is 1. The highest BCUT2D eigenvalue weighted by Crippen LogP contribution is 2.25. The average Bonchev–Trinajstić information content (AvgIpc) is 3.16. The molecule has 0 N–H and O–H groups in total. The van der Waals surface area contributed by atoms with Gasteiger partial charge in [-0.1, -0.05) is 0 Å². The van der Waals surface area contributed by atoms with Gasteiger partial charge in [0.1, 0.15) is 0 Å². The van der Waals surface area contributed by atoms with Crippen LogP contribution in [0.25, 0.3) is 11.0 Å². The van der Waals surface area contributed by atoms with Gasteiger partial charge in [0, 0.05) is 43.5 Å². The first-order valence-electron chi connectivity index (χ1n) is 10.9. The SMILES string of the molecule is Cc1nc2c(cnn2C(C)C)cc1C(=O)N1CCC(C(=O)N2CCCCC2)CC1. The Balaban J connectivity index is 1.44. The number of amides is 2. The second kappa shape index (κ2) is 8.13. The summed E-state index contributed by atoms with van der Waals surface area (Å²) in [6, 6.07) is 2.13. The minimum Gasteiger partial charge on any atom is -0.342 e. The molecule has 2 amide bonds. The van der Waals surface area contributed by atoms with E-state index in [1.54, 1.807) is 6.20 Å². The number of fused-ring (bicyclic) bond motifs is 1. The average molecular weight is 398 g/mol. The van der Waals surface area contributed by atoms with Crippen molar-refractivity contribution in [1.82, 2.24) is 24.6 Å². The topological polar surface area (TPSA) is 71.3 Å². The lowest BCUT2D eigenvalue weighted by atomic mass is 9.94. The molecule has 7 nitrogen and oxygen atoms in total. The van der Waals surface area contributed by atoms with Gasteiger partial charge in [0.15, 0.2) is 5.65 Å². The lowest BCUT2D eigenvalue weighted by Crippen LogP contribution is -2.45. The summed E-state index contributed by atoms with van der Waals surface area (Å²) in [5, 5.41) is 5.30. The minimum absolute atomic E-state index is 0.0121. The number of likely N-dealkylation sites (tertiary alicyclic amines) is 2. The first-order valence-corrected chi connectivity index (χ1v) is 10.9. The Kier molecular flexibility index (Phi) is 5.56. The minimum atomic E-state index is 0.0121. The van der Waals surface area contributed by atoms with E-state index >= 15 is 0 Å². The Hall–Kier alpha value is -2.44. The Morgan fingerprint density at radius 3 is 2.38 bits per heavy atom. The summed E-state index contributed by atoms with van der Waals surface area (Å²) >= 11 is 0. The zero-order valence-corrected chi connectivity index (χ0v) is 17.7. The molecule has 2 aromatic rings. The van der Waals surface area contributed by atoms with Gasteiger partial charge >= 0.3 is 0 Å². The molecule has 0 atom stereocenters. The standard InChI is InChI=1S/C22H31N5O2/c1-15(2)27-20-18(14-23-27)13-19(16(3)24-20)22(29)26-11-7-17(8-12-26)21(28)25-9-5-4-6-10-25/h13-15,17H,4-12H2,1-3H3. The highest BCUT2D eigenvalue weighted by atomic mass is 16.2. The third-order valence-corrected chi connectivity index (χ3v) is 6.28. The number of piperidine rings is 2. The molecule has 0 aliphatic carbocycles. The number of nitrogens with zero attached hydrogens (tertiary/aromatic N) is 5. The van der Waals surface area contributed by atoms with Gasteiger partial charge in [-0.05, 0) is 58.9 Å². The predicted octanol–water partition coefficient (Wildman–Crippen LogP) is 3.19. The maximum absolute atomic E-state index is 13.1. The summed E-state index contributed by atoms with van der Waals surface area (Å²) in [7, 11) is 0. The Labute approximate surface area is 172 Å². The number of hydrogen-bond acceptors (Lipinski definition) is 4. The molecule has 7 heteroatoms. The second-order valence-corrected chi connectivity index (χ2v) is 8.67. The van der Waals surface area contributed by atoms with Gasteiger partial charge in [-0.2, -0.15) is 5.10 Å². The molecule has 4 rings (SSSR count). The van der Waals surface area contributed by atoms with Crippen LogP contribution in [-0.2, 0) is 4.79 Å². The maximum Gasteiger partial charge on any atom is 0.255 e. The van der Waals surface area contributed by atoms with E-state index in [4.69, 9.17) is 0 Å². The smallest absolute Gasteiger partial charge is 0.255 e. The molecule has 0 spiro atoms. The fourth-order valence-corrected chi connectivity index (χ4v) is 4.53. The predicted molar refractivity (Wildman–Crippen MR) is 112 cm³/mol. The lowest BCUT2D eigenvalue weighted by molar-refractivity contribution is -0.137. The van der Waals surface area contributed by atoms with E-state index in [1.165, 1.54) is 6.42 Å². The van der Waals surface area contributed by atoms with Crippen LogP contribution in [0.2, 0.25) is 0 Å². The van der Waals surface area contributed by atoms with Crippen LogP contribution in [0.5, 0.6) is 0 Å². The number of hydrogen-bond donors (Lipinski definition) is 0. The van der Waals surface area contributed by atoms with Crippen LogP contribution in [0.3, 0.4) is 0 Å². The van der Waals surface area contributed by atoms with Gasteiger partial charge in [0.05, 0.1) is 17.5 Å². The zero-order chi connectivity index (χ0) is 20.5. The lowest BCUT2D eigenvalue weighted by Gasteiger charge is -2.35. The van der Waals surface area contributed by atoms with E-state index in [0.717, 1.165) is 55.5 Å². The van der Waals surface area contributed by atoms with Crippen molar-refractivity contribution in [2.24, 2.45) is 5.92 Å². The van der Waals surface area contributed by atoms with Gasteiger partial charge in [-0.25, -0.2) is 9.67 Å². The van der Waals surface area contributed by atoms with Crippen molar-refractivity contribution >= 4 is 22.8 Å². The quantitative estimate of drug-likeness (QED) is 0.797. The van der Waals surface area contributed by atoms with Crippen molar-refractivity contribution < 1.29 is 9.59 Å². The largest absolute Gasteiger partial charge is 0.342 e.